The molecule has 0 bridgehead atoms. The molecule has 0 radical (unpaired) electrons. The molecular formula is C12H16F3NO2. The highest BCUT2D eigenvalue weighted by Gasteiger charge is 2.32. The Kier molecular flexibility index (Phi) is 5.43. The Bertz CT molecular complexity index is 369. The fourth-order valence-electron chi connectivity index (χ4n) is 1.61. The fourth-order valence-corrected chi connectivity index (χ4v) is 1.61. The van der Waals surface area contributed by atoms with Gasteiger partial charge in [-0.05, 0) is 18.9 Å². The van der Waals surface area contributed by atoms with Gasteiger partial charge in [0.25, 0.3) is 0 Å². The van der Waals surface area contributed by atoms with Gasteiger partial charge >= 0.3 is 6.36 Å². The molecule has 0 saturated carbocycles. The fraction of sp³-hybridized carbons (Fsp3) is 0.500. The normalized spacial score (nSPS) is 13.4. The summed E-state index contributed by atoms with van der Waals surface area (Å²) in [5.41, 5.74) is 6.21. The quantitative estimate of drug-likeness (QED) is 0.802. The molecule has 1 atom stereocenters. The molecule has 0 aliphatic carbocycles. The van der Waals surface area contributed by atoms with Crippen molar-refractivity contribution in [3.8, 4) is 5.75 Å². The summed E-state index contributed by atoms with van der Waals surface area (Å²) in [4.78, 5) is 0. The van der Waals surface area contributed by atoms with Crippen LogP contribution in [0.1, 0.15) is 24.4 Å². The number of hydrogen-bond acceptors (Lipinski definition) is 3. The third-order valence-corrected chi connectivity index (χ3v) is 2.41. The molecule has 0 fully saturated rings. The van der Waals surface area contributed by atoms with Gasteiger partial charge in [-0.25, -0.2) is 0 Å². The lowest BCUT2D eigenvalue weighted by molar-refractivity contribution is -0.275. The molecule has 6 heteroatoms. The van der Waals surface area contributed by atoms with Crippen molar-refractivity contribution in [3.63, 3.8) is 0 Å². The lowest BCUT2D eigenvalue weighted by Crippen LogP contribution is -2.20. The van der Waals surface area contributed by atoms with E-state index in [2.05, 4.69) is 4.74 Å². The predicted molar refractivity (Wildman–Crippen MR) is 61.2 cm³/mol. The summed E-state index contributed by atoms with van der Waals surface area (Å²) in [6.07, 6.45) is -3.49. The number of halogens is 3. The molecule has 0 heterocycles. The Morgan fingerprint density at radius 3 is 2.56 bits per heavy atom. The van der Waals surface area contributed by atoms with Crippen LogP contribution in [0.5, 0.6) is 5.75 Å². The van der Waals surface area contributed by atoms with E-state index in [-0.39, 0.29) is 5.75 Å². The van der Waals surface area contributed by atoms with Crippen molar-refractivity contribution in [1.29, 1.82) is 0 Å². The number of para-hydroxylation sites is 1. The van der Waals surface area contributed by atoms with Gasteiger partial charge in [0, 0.05) is 25.3 Å². The summed E-state index contributed by atoms with van der Waals surface area (Å²) in [6.45, 7) is 0.524. The molecule has 1 rings (SSSR count). The van der Waals surface area contributed by atoms with Crippen molar-refractivity contribution >= 4 is 0 Å². The molecule has 0 amide bonds. The van der Waals surface area contributed by atoms with E-state index in [4.69, 9.17) is 10.5 Å². The highest BCUT2D eigenvalue weighted by molar-refractivity contribution is 5.35. The molecule has 0 aromatic heterocycles. The lowest BCUT2D eigenvalue weighted by Gasteiger charge is -2.17. The molecule has 102 valence electrons. The SMILES string of the molecule is COCCCC(N)c1ccccc1OC(F)(F)F. The first-order chi connectivity index (χ1) is 8.44. The monoisotopic (exact) mass is 263 g/mol. The van der Waals surface area contributed by atoms with E-state index >= 15 is 0 Å². The summed E-state index contributed by atoms with van der Waals surface area (Å²) >= 11 is 0. The van der Waals surface area contributed by atoms with Gasteiger partial charge in [-0.1, -0.05) is 18.2 Å². The largest absolute Gasteiger partial charge is 0.573 e. The van der Waals surface area contributed by atoms with E-state index in [1.165, 1.54) is 12.1 Å². The maximum Gasteiger partial charge on any atom is 0.573 e. The van der Waals surface area contributed by atoms with Gasteiger partial charge in [0.15, 0.2) is 0 Å². The third-order valence-electron chi connectivity index (χ3n) is 2.41. The second-order valence-corrected chi connectivity index (χ2v) is 3.83. The van der Waals surface area contributed by atoms with E-state index < -0.39 is 12.4 Å². The zero-order valence-corrected chi connectivity index (χ0v) is 10.0. The number of alkyl halides is 3. The minimum Gasteiger partial charge on any atom is -0.405 e. The molecule has 2 N–H and O–H groups in total. The minimum absolute atomic E-state index is 0.241. The molecule has 1 unspecified atom stereocenters. The Balaban J connectivity index is 2.74. The maximum absolute atomic E-state index is 12.2. The average molecular weight is 263 g/mol. The van der Waals surface area contributed by atoms with Crippen LogP contribution in [0, 0.1) is 0 Å². The van der Waals surface area contributed by atoms with Crippen LogP contribution < -0.4 is 10.5 Å². The summed E-state index contributed by atoms with van der Waals surface area (Å²) in [5, 5.41) is 0. The highest BCUT2D eigenvalue weighted by Crippen LogP contribution is 2.30. The first-order valence-corrected chi connectivity index (χ1v) is 5.53. The van der Waals surface area contributed by atoms with Crippen LogP contribution in [0.2, 0.25) is 0 Å². The van der Waals surface area contributed by atoms with E-state index in [0.717, 1.165) is 0 Å². The smallest absolute Gasteiger partial charge is 0.405 e. The Hall–Kier alpha value is -1.27. The first kappa shape index (κ1) is 14.8. The Morgan fingerprint density at radius 1 is 1.28 bits per heavy atom. The van der Waals surface area contributed by atoms with Crippen molar-refractivity contribution in [3.05, 3.63) is 29.8 Å². The van der Waals surface area contributed by atoms with E-state index in [1.807, 2.05) is 0 Å². The van der Waals surface area contributed by atoms with E-state index in [9.17, 15) is 13.2 Å². The van der Waals surface area contributed by atoms with Gasteiger partial charge in [0.2, 0.25) is 0 Å². The summed E-state index contributed by atoms with van der Waals surface area (Å²) < 4.78 is 45.4. The van der Waals surface area contributed by atoms with Crippen molar-refractivity contribution in [1.82, 2.24) is 0 Å². The van der Waals surface area contributed by atoms with Crippen LogP contribution >= 0.6 is 0 Å². The standard InChI is InChI=1S/C12H16F3NO2/c1-17-8-4-6-10(16)9-5-2-3-7-11(9)18-12(13,14)15/h2-3,5,7,10H,4,6,8,16H2,1H3. The Labute approximate surface area is 104 Å². The number of ether oxygens (including phenoxy) is 2. The number of rotatable bonds is 6. The Morgan fingerprint density at radius 2 is 1.94 bits per heavy atom. The molecule has 0 aliphatic heterocycles. The third kappa shape index (κ3) is 4.93. The molecule has 0 saturated heterocycles. The van der Waals surface area contributed by atoms with Crippen LogP contribution in [0.25, 0.3) is 0 Å². The van der Waals surface area contributed by atoms with Crippen molar-refractivity contribution in [2.75, 3.05) is 13.7 Å². The van der Waals surface area contributed by atoms with Crippen LogP contribution in [0.15, 0.2) is 24.3 Å². The second-order valence-electron chi connectivity index (χ2n) is 3.83. The summed E-state index contributed by atoms with van der Waals surface area (Å²) in [7, 11) is 1.56. The zero-order chi connectivity index (χ0) is 13.6. The number of nitrogens with two attached hydrogens (primary N) is 1. The van der Waals surface area contributed by atoms with E-state index in [1.54, 1.807) is 19.2 Å². The van der Waals surface area contributed by atoms with Crippen molar-refractivity contribution < 1.29 is 22.6 Å². The van der Waals surface area contributed by atoms with Gasteiger partial charge in [0.05, 0.1) is 0 Å². The van der Waals surface area contributed by atoms with Crippen molar-refractivity contribution in [2.24, 2.45) is 5.73 Å². The summed E-state index contributed by atoms with van der Waals surface area (Å²) in [6, 6.07) is 5.41. The molecule has 1 aromatic rings. The van der Waals surface area contributed by atoms with Crippen LogP contribution in [0.3, 0.4) is 0 Å². The van der Waals surface area contributed by atoms with E-state index in [0.29, 0.717) is 25.0 Å². The number of benzene rings is 1. The van der Waals surface area contributed by atoms with Crippen LogP contribution in [-0.2, 0) is 4.74 Å². The molecule has 0 aliphatic rings. The lowest BCUT2D eigenvalue weighted by atomic mass is 10.0. The topological polar surface area (TPSA) is 44.5 Å². The molecular weight excluding hydrogens is 247 g/mol. The van der Waals surface area contributed by atoms with Gasteiger partial charge < -0.3 is 15.2 Å². The highest BCUT2D eigenvalue weighted by atomic mass is 19.4. The number of methoxy groups -OCH3 is 1. The predicted octanol–water partition coefficient (Wildman–Crippen LogP) is 3.01. The molecule has 3 nitrogen and oxygen atoms in total. The van der Waals surface area contributed by atoms with Gasteiger partial charge in [-0.15, -0.1) is 13.2 Å². The molecule has 0 spiro atoms. The van der Waals surface area contributed by atoms with Gasteiger partial charge in [0.1, 0.15) is 5.75 Å². The zero-order valence-electron chi connectivity index (χ0n) is 10.0. The van der Waals surface area contributed by atoms with Crippen LogP contribution in [0.4, 0.5) is 13.2 Å². The van der Waals surface area contributed by atoms with Gasteiger partial charge in [-0.2, -0.15) is 0 Å². The molecule has 1 aromatic carbocycles. The minimum atomic E-state index is -4.71. The van der Waals surface area contributed by atoms with Crippen LogP contribution in [-0.4, -0.2) is 20.1 Å². The van der Waals surface area contributed by atoms with Crippen molar-refractivity contribution in [2.45, 2.75) is 25.2 Å². The average Bonchev–Trinajstić information content (AvgIpc) is 2.27. The molecule has 18 heavy (non-hydrogen) atoms. The maximum atomic E-state index is 12.2. The first-order valence-electron chi connectivity index (χ1n) is 5.53. The number of hydrogen-bond donors (Lipinski definition) is 1. The second kappa shape index (κ2) is 6.61. The summed E-state index contributed by atoms with van der Waals surface area (Å²) in [5.74, 6) is -0.241. The van der Waals surface area contributed by atoms with Gasteiger partial charge in [-0.3, -0.25) is 0 Å².